The van der Waals surface area contributed by atoms with E-state index >= 15 is 0 Å². The van der Waals surface area contributed by atoms with Gasteiger partial charge >= 0.3 is 0 Å². The zero-order chi connectivity index (χ0) is 15.5. The molecule has 0 aliphatic carbocycles. The maximum atomic E-state index is 6.16. The van der Waals surface area contributed by atoms with Crippen LogP contribution in [0.4, 0.5) is 0 Å². The minimum absolute atomic E-state index is 0.408. The second-order valence-corrected chi connectivity index (χ2v) is 5.94. The lowest BCUT2D eigenvalue weighted by atomic mass is 10.1. The molecule has 0 unspecified atom stereocenters. The molecule has 0 spiro atoms. The van der Waals surface area contributed by atoms with Crippen molar-refractivity contribution in [3.05, 3.63) is 64.2 Å². The van der Waals surface area contributed by atoms with E-state index in [4.69, 9.17) is 16.3 Å². The summed E-state index contributed by atoms with van der Waals surface area (Å²) in [6.45, 7) is 0. The van der Waals surface area contributed by atoms with Gasteiger partial charge in [0.2, 0.25) is 0 Å². The largest absolute Gasteiger partial charge is 0.497 e. The van der Waals surface area contributed by atoms with Crippen molar-refractivity contribution in [3.8, 4) is 28.4 Å². The molecule has 1 heterocycles. The Balaban J connectivity index is 2.08. The second kappa shape index (κ2) is 6.46. The molecule has 0 bridgehead atoms. The van der Waals surface area contributed by atoms with E-state index in [1.807, 2.05) is 48.5 Å². The van der Waals surface area contributed by atoms with Gasteiger partial charge in [0.25, 0.3) is 0 Å². The third kappa shape index (κ3) is 3.29. The Hall–Kier alpha value is -1.91. The summed E-state index contributed by atoms with van der Waals surface area (Å²) in [6, 6.07) is 17.3. The Labute approximate surface area is 142 Å². The lowest BCUT2D eigenvalue weighted by molar-refractivity contribution is 0.415. The Morgan fingerprint density at radius 3 is 2.45 bits per heavy atom. The summed E-state index contributed by atoms with van der Waals surface area (Å²) < 4.78 is 6.26. The molecule has 1 aromatic heterocycles. The zero-order valence-corrected chi connectivity index (χ0v) is 14.1. The summed E-state index contributed by atoms with van der Waals surface area (Å²) in [4.78, 5) is 8.92. The van der Waals surface area contributed by atoms with E-state index in [0.29, 0.717) is 11.0 Å². The molecule has 22 heavy (non-hydrogen) atoms. The lowest BCUT2D eigenvalue weighted by Gasteiger charge is -2.07. The van der Waals surface area contributed by atoms with Crippen molar-refractivity contribution in [3.63, 3.8) is 0 Å². The second-order valence-electron chi connectivity index (χ2n) is 4.64. The third-order valence-electron chi connectivity index (χ3n) is 3.16. The number of nitrogens with zero attached hydrogens (tertiary/aromatic N) is 2. The fourth-order valence-electron chi connectivity index (χ4n) is 2.08. The minimum Gasteiger partial charge on any atom is -0.497 e. The van der Waals surface area contributed by atoms with E-state index < -0.39 is 0 Å². The molecule has 3 rings (SSSR count). The van der Waals surface area contributed by atoms with Crippen molar-refractivity contribution in [2.75, 3.05) is 7.11 Å². The molecule has 3 nitrogen and oxygen atoms in total. The fraction of sp³-hybridized carbons (Fsp3) is 0.0588. The third-order valence-corrected chi connectivity index (χ3v) is 3.89. The van der Waals surface area contributed by atoms with Gasteiger partial charge in [-0.05, 0) is 24.3 Å². The van der Waals surface area contributed by atoms with Gasteiger partial charge in [0, 0.05) is 21.7 Å². The molecule has 3 aromatic rings. The quantitative estimate of drug-likeness (QED) is 0.588. The topological polar surface area (TPSA) is 35.0 Å². The molecule has 0 aliphatic heterocycles. The van der Waals surface area contributed by atoms with Gasteiger partial charge in [-0.15, -0.1) is 0 Å². The highest BCUT2D eigenvalue weighted by molar-refractivity contribution is 9.10. The molecule has 0 fully saturated rings. The first-order chi connectivity index (χ1) is 10.7. The van der Waals surface area contributed by atoms with E-state index in [1.165, 1.54) is 0 Å². The Bertz CT molecular complexity index is 806. The number of hydrogen-bond donors (Lipinski definition) is 0. The summed E-state index contributed by atoms with van der Waals surface area (Å²) in [5.41, 5.74) is 2.63. The Morgan fingerprint density at radius 2 is 1.73 bits per heavy atom. The van der Waals surface area contributed by atoms with Crippen LogP contribution in [0.25, 0.3) is 22.6 Å². The molecule has 0 N–H and O–H groups in total. The number of ether oxygens (including phenoxy) is 1. The van der Waals surface area contributed by atoms with E-state index in [2.05, 4.69) is 25.9 Å². The molecule has 5 heteroatoms. The van der Waals surface area contributed by atoms with Crippen molar-refractivity contribution < 1.29 is 4.74 Å². The van der Waals surface area contributed by atoms with Crippen LogP contribution < -0.4 is 4.74 Å². The van der Waals surface area contributed by atoms with Gasteiger partial charge in [0.1, 0.15) is 10.9 Å². The molecule has 0 amide bonds. The molecule has 2 aromatic carbocycles. The fourth-order valence-corrected chi connectivity index (χ4v) is 2.53. The van der Waals surface area contributed by atoms with Crippen molar-refractivity contribution in [2.24, 2.45) is 0 Å². The predicted octanol–water partition coefficient (Wildman–Crippen LogP) is 5.24. The standard InChI is InChI=1S/C17H12BrClN2O/c1-22-14-4-2-3-12(9-14)17-20-15(10-16(19)21-17)11-5-7-13(18)8-6-11/h2-10H,1H3. The number of hydrogen-bond acceptors (Lipinski definition) is 3. The molecule has 0 radical (unpaired) electrons. The average molecular weight is 376 g/mol. The highest BCUT2D eigenvalue weighted by Crippen LogP contribution is 2.27. The number of rotatable bonds is 3. The van der Waals surface area contributed by atoms with Crippen molar-refractivity contribution >= 4 is 27.5 Å². The first kappa shape index (κ1) is 15.0. The smallest absolute Gasteiger partial charge is 0.161 e. The van der Waals surface area contributed by atoms with Gasteiger partial charge in [-0.2, -0.15) is 0 Å². The normalized spacial score (nSPS) is 10.5. The van der Waals surface area contributed by atoms with E-state index in [-0.39, 0.29) is 0 Å². The zero-order valence-electron chi connectivity index (χ0n) is 11.8. The SMILES string of the molecule is COc1cccc(-c2nc(Cl)cc(-c3ccc(Br)cc3)n2)c1. The maximum absolute atomic E-state index is 6.16. The molecule has 0 aliphatic rings. The van der Waals surface area contributed by atoms with Crippen LogP contribution in [0.1, 0.15) is 0 Å². The molecule has 0 saturated carbocycles. The van der Waals surface area contributed by atoms with Crippen LogP contribution in [0, 0.1) is 0 Å². The van der Waals surface area contributed by atoms with Crippen LogP contribution >= 0.6 is 27.5 Å². The van der Waals surface area contributed by atoms with E-state index in [0.717, 1.165) is 27.0 Å². The summed E-state index contributed by atoms with van der Waals surface area (Å²) in [7, 11) is 1.63. The van der Waals surface area contributed by atoms with Crippen molar-refractivity contribution in [1.82, 2.24) is 9.97 Å². The number of benzene rings is 2. The summed E-state index contributed by atoms with van der Waals surface area (Å²) in [5, 5.41) is 0.408. The van der Waals surface area contributed by atoms with Gasteiger partial charge < -0.3 is 4.74 Å². The van der Waals surface area contributed by atoms with Gasteiger partial charge in [0.15, 0.2) is 5.82 Å². The van der Waals surface area contributed by atoms with Gasteiger partial charge in [-0.25, -0.2) is 9.97 Å². The average Bonchev–Trinajstić information content (AvgIpc) is 2.55. The van der Waals surface area contributed by atoms with E-state index in [9.17, 15) is 0 Å². The molecule has 0 atom stereocenters. The van der Waals surface area contributed by atoms with Crippen LogP contribution in [-0.4, -0.2) is 17.1 Å². The number of halogens is 2. The van der Waals surface area contributed by atoms with E-state index in [1.54, 1.807) is 13.2 Å². The summed E-state index contributed by atoms with van der Waals surface area (Å²) >= 11 is 9.59. The predicted molar refractivity (Wildman–Crippen MR) is 92.2 cm³/mol. The summed E-state index contributed by atoms with van der Waals surface area (Å²) in [6.07, 6.45) is 0. The van der Waals surface area contributed by atoms with Crippen LogP contribution in [0.2, 0.25) is 5.15 Å². The molecular formula is C17H12BrClN2O. The van der Waals surface area contributed by atoms with Gasteiger partial charge in [-0.1, -0.05) is 51.8 Å². The number of aromatic nitrogens is 2. The lowest BCUT2D eigenvalue weighted by Crippen LogP contribution is -1.93. The molecule has 110 valence electrons. The van der Waals surface area contributed by atoms with Gasteiger partial charge in [-0.3, -0.25) is 0 Å². The first-order valence-corrected chi connectivity index (χ1v) is 7.78. The monoisotopic (exact) mass is 374 g/mol. The molecule has 0 saturated heterocycles. The van der Waals surface area contributed by atoms with Gasteiger partial charge in [0.05, 0.1) is 12.8 Å². The molecular weight excluding hydrogens is 364 g/mol. The first-order valence-electron chi connectivity index (χ1n) is 6.60. The van der Waals surface area contributed by atoms with Crippen LogP contribution in [0.15, 0.2) is 59.1 Å². The maximum Gasteiger partial charge on any atom is 0.161 e. The van der Waals surface area contributed by atoms with Crippen LogP contribution in [-0.2, 0) is 0 Å². The highest BCUT2D eigenvalue weighted by Gasteiger charge is 2.08. The van der Waals surface area contributed by atoms with Crippen LogP contribution in [0.3, 0.4) is 0 Å². The van der Waals surface area contributed by atoms with Crippen molar-refractivity contribution in [2.45, 2.75) is 0 Å². The Kier molecular flexibility index (Phi) is 4.41. The Morgan fingerprint density at radius 1 is 0.955 bits per heavy atom. The highest BCUT2D eigenvalue weighted by atomic mass is 79.9. The van der Waals surface area contributed by atoms with Crippen LogP contribution in [0.5, 0.6) is 5.75 Å². The summed E-state index contributed by atoms with van der Waals surface area (Å²) in [5.74, 6) is 1.33. The number of methoxy groups -OCH3 is 1. The van der Waals surface area contributed by atoms with Crippen molar-refractivity contribution in [1.29, 1.82) is 0 Å². The minimum atomic E-state index is 0.408.